The molecule has 2 aliphatic rings. The molecule has 6 heteroatoms. The van der Waals surface area contributed by atoms with E-state index in [0.717, 1.165) is 28.1 Å². The Morgan fingerprint density at radius 2 is 1.83 bits per heavy atom. The van der Waals surface area contributed by atoms with E-state index in [1.54, 1.807) is 29.1 Å². The van der Waals surface area contributed by atoms with Crippen LogP contribution in [0.25, 0.3) is 5.76 Å². The maximum atomic E-state index is 13.5. The van der Waals surface area contributed by atoms with Gasteiger partial charge >= 0.3 is 0 Å². The van der Waals surface area contributed by atoms with Gasteiger partial charge in [0.05, 0.1) is 11.9 Å². The molecule has 0 saturated carbocycles. The first-order valence-electron chi connectivity index (χ1n) is 11.7. The number of amidine groups is 1. The van der Waals surface area contributed by atoms with E-state index in [0.29, 0.717) is 35.2 Å². The number of allylic oxidation sites excluding steroid dienone is 2. The normalized spacial score (nSPS) is 19.6. The minimum atomic E-state index is -0.518. The average Bonchev–Trinajstić information content (AvgIpc) is 2.89. The number of pyridine rings is 1. The van der Waals surface area contributed by atoms with Crippen LogP contribution in [0.5, 0.6) is 0 Å². The summed E-state index contributed by atoms with van der Waals surface area (Å²) in [4.78, 5) is 20.7. The molecule has 0 radical (unpaired) electrons. The highest BCUT2D eigenvalue weighted by Gasteiger charge is 2.43. The number of anilines is 1. The van der Waals surface area contributed by atoms with Gasteiger partial charge in [0.1, 0.15) is 11.6 Å². The topological polar surface area (TPSA) is 77.3 Å². The zero-order valence-corrected chi connectivity index (χ0v) is 20.6. The summed E-state index contributed by atoms with van der Waals surface area (Å²) in [5.41, 5.74) is 5.25. The minimum Gasteiger partial charge on any atom is -0.507 e. The molecule has 2 aromatic carbocycles. The molecule has 2 N–H and O–H groups in total. The van der Waals surface area contributed by atoms with Crippen LogP contribution in [0.2, 0.25) is 0 Å². The number of hydrogen-bond donors (Lipinski definition) is 2. The molecule has 1 unspecified atom stereocenters. The van der Waals surface area contributed by atoms with Crippen molar-refractivity contribution in [3.05, 3.63) is 107 Å². The van der Waals surface area contributed by atoms with Crippen molar-refractivity contribution in [2.45, 2.75) is 37.0 Å². The predicted octanol–water partition coefficient (Wildman–Crippen LogP) is 6.67. The molecule has 176 valence electrons. The number of rotatable bonds is 4. The van der Waals surface area contributed by atoms with E-state index in [2.05, 4.69) is 4.98 Å². The van der Waals surface area contributed by atoms with E-state index in [-0.39, 0.29) is 17.4 Å². The lowest BCUT2D eigenvalue weighted by Crippen LogP contribution is -2.42. The average molecular weight is 482 g/mol. The molecule has 0 amide bonds. The van der Waals surface area contributed by atoms with E-state index in [1.807, 2.05) is 73.8 Å². The minimum absolute atomic E-state index is 0.0211. The molecule has 0 spiro atoms. The van der Waals surface area contributed by atoms with Gasteiger partial charge in [-0.3, -0.25) is 20.1 Å². The van der Waals surface area contributed by atoms with Gasteiger partial charge in [-0.25, -0.2) is 0 Å². The number of thioether (sulfide) groups is 1. The zero-order valence-electron chi connectivity index (χ0n) is 19.8. The van der Waals surface area contributed by atoms with E-state index < -0.39 is 5.92 Å². The number of aliphatic hydroxyl groups is 1. The summed E-state index contributed by atoms with van der Waals surface area (Å²) < 4.78 is 0. The molecule has 1 aromatic heterocycles. The molecule has 0 saturated heterocycles. The van der Waals surface area contributed by atoms with Crippen molar-refractivity contribution in [3.63, 3.8) is 0 Å². The first kappa shape index (κ1) is 23.1. The fraction of sp³-hybridized carbons (Fsp3) is 0.207. The fourth-order valence-electron chi connectivity index (χ4n) is 4.96. The maximum absolute atomic E-state index is 13.5. The third-order valence-corrected chi connectivity index (χ3v) is 7.43. The number of carbonyl (C=O) groups is 1. The largest absolute Gasteiger partial charge is 0.507 e. The van der Waals surface area contributed by atoms with Crippen molar-refractivity contribution < 1.29 is 9.90 Å². The number of Topliss-reactive ketones (excluding diaryl/α,β-unsaturated/α-hetero) is 1. The number of hydrogen-bond acceptors (Lipinski definition) is 5. The second-order valence-corrected chi connectivity index (χ2v) is 9.75. The van der Waals surface area contributed by atoms with Crippen LogP contribution in [-0.4, -0.2) is 28.0 Å². The maximum Gasteiger partial charge on any atom is 0.161 e. The van der Waals surface area contributed by atoms with Crippen LogP contribution < -0.4 is 4.90 Å². The molecule has 35 heavy (non-hydrogen) atoms. The monoisotopic (exact) mass is 481 g/mol. The Bertz CT molecular complexity index is 1340. The molecule has 0 bridgehead atoms. The van der Waals surface area contributed by atoms with Crippen LogP contribution in [0.1, 0.15) is 41.9 Å². The fourth-order valence-corrected chi connectivity index (χ4v) is 5.37. The van der Waals surface area contributed by atoms with Crippen LogP contribution in [0.3, 0.4) is 0 Å². The van der Waals surface area contributed by atoms with E-state index in [9.17, 15) is 15.3 Å². The standard InChI is InChI=1S/C29H27N3O2S/c1-18-8-10-20(11-9-18)28(34)27-25(19-12-14-22(35-2)15-13-19)26-23(6-3-7-24(26)33)32(29(27)30)21-5-4-16-31-17-21/h4-5,8-17,25,30,34H,3,6-7H2,1-2H3/b28-27+,30-29?. The van der Waals surface area contributed by atoms with E-state index in [1.165, 1.54) is 0 Å². The molecule has 5 rings (SSSR count). The van der Waals surface area contributed by atoms with Crippen molar-refractivity contribution in [1.29, 1.82) is 5.41 Å². The van der Waals surface area contributed by atoms with E-state index >= 15 is 0 Å². The van der Waals surface area contributed by atoms with Crippen molar-refractivity contribution in [2.24, 2.45) is 0 Å². The predicted molar refractivity (Wildman–Crippen MR) is 142 cm³/mol. The summed E-state index contributed by atoms with van der Waals surface area (Å²) in [6, 6.07) is 19.4. The summed E-state index contributed by atoms with van der Waals surface area (Å²) in [6.07, 6.45) is 7.31. The third kappa shape index (κ3) is 4.19. The molecule has 2 heterocycles. The van der Waals surface area contributed by atoms with Crippen LogP contribution in [0.15, 0.2) is 94.8 Å². The van der Waals surface area contributed by atoms with Crippen LogP contribution in [0, 0.1) is 12.3 Å². The number of ketones is 1. The number of carbonyl (C=O) groups excluding carboxylic acids is 1. The highest BCUT2D eigenvalue weighted by atomic mass is 32.2. The molecular formula is C29H27N3O2S. The first-order valence-corrected chi connectivity index (χ1v) is 12.9. The Balaban J connectivity index is 1.81. The van der Waals surface area contributed by atoms with Gasteiger partial charge in [0.15, 0.2) is 5.78 Å². The lowest BCUT2D eigenvalue weighted by molar-refractivity contribution is -0.116. The highest BCUT2D eigenvalue weighted by Crippen LogP contribution is 2.47. The summed E-state index contributed by atoms with van der Waals surface area (Å²) in [5.74, 6) is -0.257. The van der Waals surface area contributed by atoms with Crippen LogP contribution >= 0.6 is 11.8 Å². The van der Waals surface area contributed by atoms with Gasteiger partial charge in [0.2, 0.25) is 0 Å². The highest BCUT2D eigenvalue weighted by molar-refractivity contribution is 7.98. The lowest BCUT2D eigenvalue weighted by Gasteiger charge is -2.41. The molecule has 1 aliphatic carbocycles. The van der Waals surface area contributed by atoms with Crippen LogP contribution in [-0.2, 0) is 4.79 Å². The number of aromatic nitrogens is 1. The second-order valence-electron chi connectivity index (χ2n) is 8.87. The number of aliphatic hydroxyl groups excluding tert-OH is 1. The Hall–Kier alpha value is -3.64. The Morgan fingerprint density at radius 3 is 2.49 bits per heavy atom. The Kier molecular flexibility index (Phi) is 6.31. The van der Waals surface area contributed by atoms with Gasteiger partial charge in [-0.05, 0) is 55.9 Å². The molecule has 3 aromatic rings. The SMILES string of the molecule is CSc1ccc(C2C3=C(CCCC3=O)N(c3cccnc3)C(=N)/C2=C(/O)c2ccc(C)cc2)cc1. The van der Waals surface area contributed by atoms with Crippen LogP contribution in [0.4, 0.5) is 5.69 Å². The number of aryl methyl sites for hydroxylation is 1. The number of nitrogens with zero attached hydrogens (tertiary/aromatic N) is 2. The number of benzene rings is 2. The van der Waals surface area contributed by atoms with Crippen molar-refractivity contribution in [2.75, 3.05) is 11.2 Å². The Labute approximate surface area is 209 Å². The molecule has 5 nitrogen and oxygen atoms in total. The van der Waals surface area contributed by atoms with Crippen molar-refractivity contribution in [3.8, 4) is 0 Å². The van der Waals surface area contributed by atoms with Gasteiger partial charge in [-0.1, -0.05) is 42.0 Å². The van der Waals surface area contributed by atoms with Crippen molar-refractivity contribution >= 4 is 34.8 Å². The van der Waals surface area contributed by atoms with Gasteiger partial charge < -0.3 is 5.11 Å². The lowest BCUT2D eigenvalue weighted by atomic mass is 9.73. The first-order chi connectivity index (χ1) is 17.0. The van der Waals surface area contributed by atoms with Gasteiger partial charge in [0.25, 0.3) is 0 Å². The van der Waals surface area contributed by atoms with Gasteiger partial charge in [-0.15, -0.1) is 11.8 Å². The third-order valence-electron chi connectivity index (χ3n) is 6.69. The molecule has 1 atom stereocenters. The summed E-state index contributed by atoms with van der Waals surface area (Å²) in [7, 11) is 0. The molecule has 0 fully saturated rings. The summed E-state index contributed by atoms with van der Waals surface area (Å²) >= 11 is 1.65. The summed E-state index contributed by atoms with van der Waals surface area (Å²) in [6.45, 7) is 1.99. The smallest absolute Gasteiger partial charge is 0.161 e. The number of nitrogens with one attached hydrogen (secondary N) is 1. The van der Waals surface area contributed by atoms with Gasteiger partial charge in [0, 0.05) is 45.8 Å². The van der Waals surface area contributed by atoms with E-state index in [4.69, 9.17) is 0 Å². The van der Waals surface area contributed by atoms with Crippen molar-refractivity contribution in [1.82, 2.24) is 4.98 Å². The quantitative estimate of drug-likeness (QED) is 0.321. The molecule has 1 aliphatic heterocycles. The molecular weight excluding hydrogens is 454 g/mol. The second kappa shape index (κ2) is 9.55. The zero-order chi connectivity index (χ0) is 24.5. The summed E-state index contributed by atoms with van der Waals surface area (Å²) in [5, 5.41) is 21.0. The Morgan fingerprint density at radius 1 is 1.09 bits per heavy atom. The van der Waals surface area contributed by atoms with Gasteiger partial charge in [-0.2, -0.15) is 0 Å².